The van der Waals surface area contributed by atoms with E-state index in [-0.39, 0.29) is 24.4 Å². The number of hydrogen-bond acceptors (Lipinski definition) is 7. The van der Waals surface area contributed by atoms with E-state index in [2.05, 4.69) is 35.7 Å². The van der Waals surface area contributed by atoms with Crippen molar-refractivity contribution >= 4 is 17.6 Å². The van der Waals surface area contributed by atoms with Crippen molar-refractivity contribution in [2.45, 2.75) is 25.2 Å². The summed E-state index contributed by atoms with van der Waals surface area (Å²) in [6, 6.07) is 0.866. The van der Waals surface area contributed by atoms with Crippen molar-refractivity contribution in [2.24, 2.45) is 0 Å². The average molecular weight is 460 g/mol. The summed E-state index contributed by atoms with van der Waals surface area (Å²) in [4.78, 5) is 28.9. The predicted molar refractivity (Wildman–Crippen MR) is 92.2 cm³/mol. The van der Waals surface area contributed by atoms with Crippen LogP contribution >= 0.6 is 0 Å². The van der Waals surface area contributed by atoms with Gasteiger partial charge in [0.1, 0.15) is 0 Å². The van der Waals surface area contributed by atoms with E-state index in [0.717, 1.165) is 4.90 Å². The van der Waals surface area contributed by atoms with Crippen molar-refractivity contribution < 1.29 is 36.2 Å². The van der Waals surface area contributed by atoms with Gasteiger partial charge in [-0.05, 0) is 21.9 Å². The van der Waals surface area contributed by atoms with Gasteiger partial charge in [-0.15, -0.1) is 0 Å². The Morgan fingerprint density at radius 3 is 2.84 bits per heavy atom. The molecule has 0 saturated carbocycles. The molecule has 3 aromatic rings. The molecule has 0 unspecified atom stereocenters. The quantitative estimate of drug-likeness (QED) is 0.548. The minimum absolute atomic E-state index is 0.136. The molecular weight excluding hydrogens is 447 g/mol. The van der Waals surface area contributed by atoms with E-state index in [4.69, 9.17) is 0 Å². The van der Waals surface area contributed by atoms with E-state index < -0.39 is 48.5 Å². The first-order valence-electron chi connectivity index (χ1n) is 8.93. The number of urea groups is 1. The molecule has 11 nitrogen and oxygen atoms in total. The summed E-state index contributed by atoms with van der Waals surface area (Å²) in [6.07, 6.45) is -2.15. The highest BCUT2D eigenvalue weighted by Crippen LogP contribution is 2.29. The lowest BCUT2D eigenvalue weighted by Gasteiger charge is -2.32. The smallest absolute Gasteiger partial charge is 0.345 e. The molecule has 0 aliphatic carbocycles. The van der Waals surface area contributed by atoms with E-state index in [9.17, 15) is 31.5 Å². The maximum Gasteiger partial charge on any atom is 0.439 e. The summed E-state index contributed by atoms with van der Waals surface area (Å²) >= 11 is 0. The van der Waals surface area contributed by atoms with Crippen LogP contribution in [0.2, 0.25) is 0 Å². The summed E-state index contributed by atoms with van der Waals surface area (Å²) in [5.74, 6) is -4.23. The zero-order chi connectivity index (χ0) is 23.1. The Balaban J connectivity index is 1.44. The van der Waals surface area contributed by atoms with Crippen LogP contribution in [0, 0.1) is 0 Å². The van der Waals surface area contributed by atoms with Crippen LogP contribution in [0.4, 0.5) is 26.7 Å². The van der Waals surface area contributed by atoms with Gasteiger partial charge in [0.15, 0.2) is 5.65 Å². The summed E-state index contributed by atoms with van der Waals surface area (Å²) in [6.45, 7) is -1.87. The molecule has 2 N–H and O–H groups in total. The van der Waals surface area contributed by atoms with Crippen LogP contribution in [-0.2, 0) is 19.3 Å². The number of nitrogens with zero attached hydrogens (tertiary/aromatic N) is 6. The first-order valence-corrected chi connectivity index (χ1v) is 8.93. The molecule has 32 heavy (non-hydrogen) atoms. The van der Waals surface area contributed by atoms with Crippen molar-refractivity contribution in [1.29, 1.82) is 0 Å². The SMILES string of the molecule is O=C(NCc1cn2ncc(CN3CC(F)(F)CNC3=O)cc2n1)c1nonc1C(F)(F)F. The van der Waals surface area contributed by atoms with Crippen molar-refractivity contribution in [3.05, 3.63) is 41.1 Å². The Morgan fingerprint density at radius 2 is 2.09 bits per heavy atom. The second-order valence-corrected chi connectivity index (χ2v) is 6.91. The molecule has 1 fully saturated rings. The number of hydrogen-bond donors (Lipinski definition) is 2. The second-order valence-electron chi connectivity index (χ2n) is 6.91. The molecule has 0 spiro atoms. The van der Waals surface area contributed by atoms with Crippen molar-refractivity contribution in [1.82, 2.24) is 40.4 Å². The minimum Gasteiger partial charge on any atom is -0.345 e. The van der Waals surface area contributed by atoms with E-state index in [1.54, 1.807) is 0 Å². The third-order valence-electron chi connectivity index (χ3n) is 4.41. The second kappa shape index (κ2) is 7.69. The number of fused-ring (bicyclic) bond motifs is 1. The molecule has 0 atom stereocenters. The lowest BCUT2D eigenvalue weighted by atomic mass is 10.2. The lowest BCUT2D eigenvalue weighted by molar-refractivity contribution is -0.143. The largest absolute Gasteiger partial charge is 0.439 e. The summed E-state index contributed by atoms with van der Waals surface area (Å²) < 4.78 is 70.7. The van der Waals surface area contributed by atoms with Crippen molar-refractivity contribution in [3.63, 3.8) is 0 Å². The Bertz CT molecular complexity index is 1170. The van der Waals surface area contributed by atoms with Crippen molar-refractivity contribution in [2.75, 3.05) is 13.1 Å². The molecule has 16 heteroatoms. The number of alkyl halides is 5. The van der Waals surface area contributed by atoms with E-state index in [1.165, 1.54) is 23.0 Å². The highest BCUT2D eigenvalue weighted by atomic mass is 19.4. The Kier molecular flexibility index (Phi) is 5.14. The first-order chi connectivity index (χ1) is 15.0. The number of carbonyl (C=O) groups is 2. The van der Waals surface area contributed by atoms with Crippen LogP contribution in [-0.4, -0.2) is 60.8 Å². The van der Waals surface area contributed by atoms with Crippen LogP contribution in [0.1, 0.15) is 27.4 Å². The van der Waals surface area contributed by atoms with Crippen molar-refractivity contribution in [3.8, 4) is 0 Å². The van der Waals surface area contributed by atoms with Crippen LogP contribution in [0.15, 0.2) is 23.1 Å². The number of aromatic nitrogens is 5. The number of rotatable bonds is 5. The number of nitrogens with one attached hydrogen (secondary N) is 2. The Morgan fingerprint density at radius 1 is 1.31 bits per heavy atom. The lowest BCUT2D eigenvalue weighted by Crippen LogP contribution is -2.56. The third kappa shape index (κ3) is 4.42. The summed E-state index contributed by atoms with van der Waals surface area (Å²) in [5.41, 5.74) is -1.62. The molecule has 170 valence electrons. The fourth-order valence-corrected chi connectivity index (χ4v) is 2.99. The van der Waals surface area contributed by atoms with Gasteiger partial charge in [-0.3, -0.25) is 4.79 Å². The molecule has 0 aromatic carbocycles. The van der Waals surface area contributed by atoms with Gasteiger partial charge in [0, 0.05) is 6.54 Å². The van der Waals surface area contributed by atoms with Gasteiger partial charge in [0.25, 0.3) is 11.8 Å². The highest BCUT2D eigenvalue weighted by Gasteiger charge is 2.41. The van der Waals surface area contributed by atoms with Crippen LogP contribution in [0.25, 0.3) is 5.65 Å². The van der Waals surface area contributed by atoms with Gasteiger partial charge in [0.05, 0.1) is 37.7 Å². The molecular formula is C16H13F5N8O3. The minimum atomic E-state index is -4.91. The number of amides is 3. The molecule has 4 heterocycles. The number of carbonyl (C=O) groups excluding carboxylic acids is 2. The van der Waals surface area contributed by atoms with Gasteiger partial charge < -0.3 is 15.5 Å². The van der Waals surface area contributed by atoms with Gasteiger partial charge >= 0.3 is 12.2 Å². The van der Waals surface area contributed by atoms with Crippen LogP contribution in [0.5, 0.6) is 0 Å². The summed E-state index contributed by atoms with van der Waals surface area (Å²) in [7, 11) is 0. The van der Waals surface area contributed by atoms with E-state index in [1.807, 2.05) is 0 Å². The molecule has 1 aliphatic heterocycles. The first kappa shape index (κ1) is 21.4. The summed E-state index contributed by atoms with van der Waals surface area (Å²) in [5, 5.41) is 14.1. The normalized spacial score (nSPS) is 16.3. The van der Waals surface area contributed by atoms with Gasteiger partial charge in [-0.25, -0.2) is 27.7 Å². The van der Waals surface area contributed by atoms with E-state index >= 15 is 0 Å². The maximum absolute atomic E-state index is 13.5. The highest BCUT2D eigenvalue weighted by molar-refractivity contribution is 5.93. The van der Waals surface area contributed by atoms with Gasteiger partial charge in [-0.1, -0.05) is 0 Å². The monoisotopic (exact) mass is 460 g/mol. The molecule has 0 radical (unpaired) electrons. The standard InChI is InChI=1S/C16H13F5N8O3/c17-15(18)6-23-14(31)28(7-15)4-8-1-10-25-9(5-29(10)24-2-8)3-22-13(30)11-12(16(19,20)21)27-32-26-11/h1-2,5H,3-4,6-7H2,(H,22,30)(H,23,31). The number of imidazole rings is 1. The maximum atomic E-state index is 13.5. The zero-order valence-electron chi connectivity index (χ0n) is 15.9. The molecule has 1 saturated heterocycles. The zero-order valence-corrected chi connectivity index (χ0v) is 15.9. The fraction of sp³-hybridized carbons (Fsp3) is 0.375. The Labute approximate surface area is 174 Å². The molecule has 4 rings (SSSR count). The van der Waals surface area contributed by atoms with Crippen LogP contribution in [0.3, 0.4) is 0 Å². The Hall–Kier alpha value is -3.85. The third-order valence-corrected chi connectivity index (χ3v) is 4.41. The fourth-order valence-electron chi connectivity index (χ4n) is 2.99. The molecule has 0 bridgehead atoms. The van der Waals surface area contributed by atoms with E-state index in [0.29, 0.717) is 5.56 Å². The topological polar surface area (TPSA) is 131 Å². The van der Waals surface area contributed by atoms with Gasteiger partial charge in [0.2, 0.25) is 11.4 Å². The number of halogens is 5. The molecule has 3 amide bonds. The molecule has 3 aromatic heterocycles. The van der Waals surface area contributed by atoms with Crippen LogP contribution < -0.4 is 10.6 Å². The van der Waals surface area contributed by atoms with Gasteiger partial charge in [-0.2, -0.15) is 18.3 Å². The molecule has 1 aliphatic rings. The average Bonchev–Trinajstić information content (AvgIpc) is 3.35. The predicted octanol–water partition coefficient (Wildman–Crippen LogP) is 1.22.